The summed E-state index contributed by atoms with van der Waals surface area (Å²) >= 11 is 0. The van der Waals surface area contributed by atoms with Crippen LogP contribution in [-0.2, 0) is 6.54 Å². The van der Waals surface area contributed by atoms with Crippen molar-refractivity contribution in [1.82, 2.24) is 20.9 Å². The van der Waals surface area contributed by atoms with E-state index in [1.807, 2.05) is 39.0 Å². The zero-order valence-corrected chi connectivity index (χ0v) is 17.7. The molecule has 0 atom stereocenters. The zero-order valence-electron chi connectivity index (χ0n) is 15.3. The van der Waals surface area contributed by atoms with Gasteiger partial charge in [0.05, 0.1) is 5.69 Å². The number of amides is 1. The Morgan fingerprint density at radius 1 is 1.12 bits per heavy atom. The van der Waals surface area contributed by atoms with Crippen molar-refractivity contribution in [2.75, 3.05) is 19.6 Å². The molecular weight excluding hydrogens is 445 g/mol. The van der Waals surface area contributed by atoms with Crippen LogP contribution in [0.1, 0.15) is 34.6 Å². The third-order valence-corrected chi connectivity index (χ3v) is 3.53. The van der Waals surface area contributed by atoms with Crippen molar-refractivity contribution in [1.29, 1.82) is 0 Å². The van der Waals surface area contributed by atoms with E-state index in [1.54, 1.807) is 12.1 Å². The van der Waals surface area contributed by atoms with Gasteiger partial charge in [0.1, 0.15) is 12.3 Å². The molecule has 0 spiro atoms. The number of oxazole rings is 1. The Morgan fingerprint density at radius 3 is 2.42 bits per heavy atom. The van der Waals surface area contributed by atoms with Crippen molar-refractivity contribution in [3.8, 4) is 0 Å². The number of nitrogens with one attached hydrogen (secondary N) is 3. The summed E-state index contributed by atoms with van der Waals surface area (Å²) in [6.45, 7) is 7.95. The van der Waals surface area contributed by atoms with E-state index in [9.17, 15) is 4.79 Å². The lowest BCUT2D eigenvalue weighted by Gasteiger charge is -2.11. The highest BCUT2D eigenvalue weighted by Crippen LogP contribution is 2.08. The molecule has 3 N–H and O–H groups in total. The van der Waals surface area contributed by atoms with Crippen LogP contribution in [0.25, 0.3) is 0 Å². The molecule has 142 valence electrons. The number of nitrogens with zero attached hydrogens (tertiary/aromatic N) is 2. The average molecular weight is 471 g/mol. The van der Waals surface area contributed by atoms with Crippen LogP contribution in [0, 0.1) is 13.8 Å². The summed E-state index contributed by atoms with van der Waals surface area (Å²) in [4.78, 5) is 20.7. The molecule has 1 aromatic carbocycles. The predicted molar refractivity (Wildman–Crippen MR) is 113 cm³/mol. The molecule has 1 heterocycles. The van der Waals surface area contributed by atoms with E-state index >= 15 is 0 Å². The lowest BCUT2D eigenvalue weighted by atomic mass is 10.2. The second-order valence-electron chi connectivity index (χ2n) is 5.49. The summed E-state index contributed by atoms with van der Waals surface area (Å²) in [6.07, 6.45) is 0. The summed E-state index contributed by atoms with van der Waals surface area (Å²) < 4.78 is 5.52. The van der Waals surface area contributed by atoms with Crippen molar-refractivity contribution in [3.63, 3.8) is 0 Å². The number of hydrogen-bond donors (Lipinski definition) is 3. The van der Waals surface area contributed by atoms with E-state index in [0.29, 0.717) is 37.0 Å². The number of carbonyl (C=O) groups is 1. The van der Waals surface area contributed by atoms with Crippen LogP contribution in [0.15, 0.2) is 39.7 Å². The maximum Gasteiger partial charge on any atom is 0.251 e. The fourth-order valence-corrected chi connectivity index (χ4v) is 2.14. The monoisotopic (exact) mass is 471 g/mol. The molecule has 2 rings (SSSR count). The molecule has 0 saturated carbocycles. The summed E-state index contributed by atoms with van der Waals surface area (Å²) in [7, 11) is 0. The van der Waals surface area contributed by atoms with Gasteiger partial charge >= 0.3 is 0 Å². The number of halogens is 1. The first-order valence-corrected chi connectivity index (χ1v) is 8.38. The van der Waals surface area contributed by atoms with Crippen LogP contribution in [-0.4, -0.2) is 36.5 Å². The molecule has 26 heavy (non-hydrogen) atoms. The highest BCUT2D eigenvalue weighted by atomic mass is 127. The summed E-state index contributed by atoms with van der Waals surface area (Å²) in [5, 5.41) is 9.19. The van der Waals surface area contributed by atoms with Crippen molar-refractivity contribution >= 4 is 35.8 Å². The van der Waals surface area contributed by atoms with Gasteiger partial charge in [-0.3, -0.25) is 4.79 Å². The number of aryl methyl sites for hydroxylation is 2. The smallest absolute Gasteiger partial charge is 0.251 e. The molecule has 0 aliphatic heterocycles. The van der Waals surface area contributed by atoms with Crippen molar-refractivity contribution < 1.29 is 9.21 Å². The largest absolute Gasteiger partial charge is 0.444 e. The molecule has 1 aromatic heterocycles. The highest BCUT2D eigenvalue weighted by Gasteiger charge is 2.06. The van der Waals surface area contributed by atoms with Gasteiger partial charge in [-0.2, -0.15) is 0 Å². The predicted octanol–water partition coefficient (Wildman–Crippen LogP) is 2.39. The Morgan fingerprint density at radius 2 is 1.81 bits per heavy atom. The molecule has 0 aliphatic carbocycles. The molecule has 0 bridgehead atoms. The Balaban J connectivity index is 0.00000338. The first-order valence-electron chi connectivity index (χ1n) is 8.38. The number of carbonyl (C=O) groups excluding carboxylic acids is 1. The molecular formula is C18H26IN5O2. The van der Waals surface area contributed by atoms with E-state index in [2.05, 4.69) is 25.9 Å². The van der Waals surface area contributed by atoms with Crippen molar-refractivity contribution in [3.05, 3.63) is 53.2 Å². The molecule has 0 unspecified atom stereocenters. The Hall–Kier alpha value is -2.10. The third-order valence-electron chi connectivity index (χ3n) is 3.53. The van der Waals surface area contributed by atoms with E-state index in [-0.39, 0.29) is 29.9 Å². The number of aromatic nitrogens is 1. The van der Waals surface area contributed by atoms with Gasteiger partial charge in [-0.15, -0.1) is 24.0 Å². The standard InChI is InChI=1S/C18H25N5O2.HI/c1-4-19-18(22-12-16-23-13(2)14(3)25-16)21-11-10-20-17(24)15-8-6-5-7-9-15;/h5-9H,4,10-12H2,1-3H3,(H,20,24)(H2,19,21,22);1H. The zero-order chi connectivity index (χ0) is 18.1. The maximum atomic E-state index is 12.0. The second-order valence-corrected chi connectivity index (χ2v) is 5.49. The van der Waals surface area contributed by atoms with Crippen LogP contribution in [0.4, 0.5) is 0 Å². The summed E-state index contributed by atoms with van der Waals surface area (Å²) in [5.41, 5.74) is 1.53. The van der Waals surface area contributed by atoms with Crippen molar-refractivity contribution in [2.24, 2.45) is 4.99 Å². The van der Waals surface area contributed by atoms with Crippen LogP contribution in [0.3, 0.4) is 0 Å². The number of aliphatic imine (C=N–C) groups is 1. The molecule has 8 heteroatoms. The van der Waals surface area contributed by atoms with Gasteiger partial charge in [-0.05, 0) is 32.9 Å². The van der Waals surface area contributed by atoms with E-state index in [4.69, 9.17) is 4.42 Å². The van der Waals surface area contributed by atoms with Crippen molar-refractivity contribution in [2.45, 2.75) is 27.3 Å². The molecule has 0 fully saturated rings. The summed E-state index contributed by atoms with van der Waals surface area (Å²) in [6, 6.07) is 9.14. The van der Waals surface area contributed by atoms with Crippen LogP contribution >= 0.6 is 24.0 Å². The lowest BCUT2D eigenvalue weighted by Crippen LogP contribution is -2.41. The fraction of sp³-hybridized carbons (Fsp3) is 0.389. The third kappa shape index (κ3) is 7.03. The molecule has 7 nitrogen and oxygen atoms in total. The van der Waals surface area contributed by atoms with Gasteiger partial charge in [0.2, 0.25) is 5.89 Å². The first-order chi connectivity index (χ1) is 12.1. The van der Waals surface area contributed by atoms with Gasteiger partial charge in [-0.25, -0.2) is 9.98 Å². The topological polar surface area (TPSA) is 91.6 Å². The molecule has 0 aliphatic rings. The van der Waals surface area contributed by atoms with E-state index in [1.165, 1.54) is 0 Å². The lowest BCUT2D eigenvalue weighted by molar-refractivity contribution is 0.0954. The van der Waals surface area contributed by atoms with Crippen LogP contribution in [0.5, 0.6) is 0 Å². The van der Waals surface area contributed by atoms with E-state index in [0.717, 1.165) is 18.0 Å². The number of rotatable bonds is 7. The average Bonchev–Trinajstić information content (AvgIpc) is 2.95. The molecule has 0 saturated heterocycles. The quantitative estimate of drug-likeness (QED) is 0.250. The molecule has 0 radical (unpaired) electrons. The minimum Gasteiger partial charge on any atom is -0.444 e. The minimum atomic E-state index is -0.0879. The Bertz CT molecular complexity index is 696. The minimum absolute atomic E-state index is 0. The first kappa shape index (κ1) is 21.9. The van der Waals surface area contributed by atoms with Crippen LogP contribution < -0.4 is 16.0 Å². The normalized spacial score (nSPS) is 10.8. The van der Waals surface area contributed by atoms with Gasteiger partial charge in [0, 0.05) is 25.2 Å². The van der Waals surface area contributed by atoms with E-state index < -0.39 is 0 Å². The van der Waals surface area contributed by atoms with Crippen LogP contribution in [0.2, 0.25) is 0 Å². The number of guanidine groups is 1. The Kier molecular flexibility index (Phi) is 9.71. The maximum absolute atomic E-state index is 12.0. The highest BCUT2D eigenvalue weighted by molar-refractivity contribution is 14.0. The summed E-state index contributed by atoms with van der Waals surface area (Å²) in [5.74, 6) is 1.97. The fourth-order valence-electron chi connectivity index (χ4n) is 2.14. The molecule has 2 aromatic rings. The second kappa shape index (κ2) is 11.5. The molecule has 1 amide bonds. The Labute approximate surface area is 171 Å². The number of benzene rings is 1. The van der Waals surface area contributed by atoms with Gasteiger partial charge in [0.15, 0.2) is 5.96 Å². The van der Waals surface area contributed by atoms with Gasteiger partial charge < -0.3 is 20.4 Å². The SMILES string of the molecule is CCNC(=NCc1nc(C)c(C)o1)NCCNC(=O)c1ccccc1.I. The van der Waals surface area contributed by atoms with Gasteiger partial charge in [0.25, 0.3) is 5.91 Å². The van der Waals surface area contributed by atoms with Gasteiger partial charge in [-0.1, -0.05) is 18.2 Å². The number of hydrogen-bond acceptors (Lipinski definition) is 4.